The van der Waals surface area contributed by atoms with Crippen LogP contribution in [0.2, 0.25) is 0 Å². The Morgan fingerprint density at radius 1 is 1.26 bits per heavy atom. The zero-order valence-corrected chi connectivity index (χ0v) is 22.4. The number of amides is 1. The van der Waals surface area contributed by atoms with Crippen LogP contribution >= 0.6 is 0 Å². The molecule has 8 heteroatoms. The number of nitrogens with zero attached hydrogens (tertiary/aromatic N) is 3. The maximum absolute atomic E-state index is 13.2. The summed E-state index contributed by atoms with van der Waals surface area (Å²) in [6.07, 6.45) is 13.7. The van der Waals surface area contributed by atoms with Crippen LogP contribution in [-0.4, -0.2) is 55.9 Å². The molecule has 0 radical (unpaired) electrons. The lowest BCUT2D eigenvalue weighted by Crippen LogP contribution is -2.42. The highest BCUT2D eigenvalue weighted by Crippen LogP contribution is 2.38. The molecule has 3 atom stereocenters. The van der Waals surface area contributed by atoms with E-state index >= 15 is 0 Å². The number of hydrogen-bond donors (Lipinski definition) is 2. The molecule has 202 valence electrons. The second kappa shape index (κ2) is 12.1. The summed E-state index contributed by atoms with van der Waals surface area (Å²) in [5.74, 6) is 1.09. The summed E-state index contributed by atoms with van der Waals surface area (Å²) in [5, 5.41) is 17.8. The molecule has 5 rings (SSSR count). The molecule has 1 amide bonds. The number of fused-ring (bicyclic) bond motifs is 1. The minimum absolute atomic E-state index is 0.0538. The van der Waals surface area contributed by atoms with E-state index in [2.05, 4.69) is 33.2 Å². The first-order valence-electron chi connectivity index (χ1n) is 14.1. The van der Waals surface area contributed by atoms with Gasteiger partial charge in [-0.25, -0.2) is 0 Å². The number of allylic oxidation sites excluding steroid dienone is 2. The minimum atomic E-state index is -0.177. The number of carbonyl (C=O) groups excluding carboxylic acids is 1. The molecule has 8 nitrogen and oxygen atoms in total. The summed E-state index contributed by atoms with van der Waals surface area (Å²) in [7, 11) is 0. The topological polar surface area (TPSA) is 99.5 Å². The van der Waals surface area contributed by atoms with Gasteiger partial charge in [0.05, 0.1) is 35.5 Å². The van der Waals surface area contributed by atoms with Gasteiger partial charge in [-0.3, -0.25) is 9.78 Å². The van der Waals surface area contributed by atoms with Crippen LogP contribution in [-0.2, 0) is 14.3 Å². The van der Waals surface area contributed by atoms with E-state index in [9.17, 15) is 10.1 Å². The van der Waals surface area contributed by atoms with E-state index in [1.807, 2.05) is 13.0 Å². The third-order valence-electron chi connectivity index (χ3n) is 8.33. The fourth-order valence-electron chi connectivity index (χ4n) is 6.32. The quantitative estimate of drug-likeness (QED) is 0.442. The van der Waals surface area contributed by atoms with Gasteiger partial charge in [-0.1, -0.05) is 25.0 Å². The Morgan fingerprint density at radius 3 is 2.84 bits per heavy atom. The molecule has 4 heterocycles. The number of nitrogens with one attached hydrogen (secondary N) is 2. The van der Waals surface area contributed by atoms with Crippen molar-refractivity contribution in [1.29, 1.82) is 5.26 Å². The first-order chi connectivity index (χ1) is 18.5. The van der Waals surface area contributed by atoms with Crippen molar-refractivity contribution in [2.75, 3.05) is 37.7 Å². The van der Waals surface area contributed by atoms with Crippen LogP contribution in [0.1, 0.15) is 63.9 Å². The van der Waals surface area contributed by atoms with E-state index in [1.54, 1.807) is 12.3 Å². The summed E-state index contributed by atoms with van der Waals surface area (Å²) < 4.78 is 11.7. The van der Waals surface area contributed by atoms with E-state index in [-0.39, 0.29) is 12.0 Å². The molecular weight excluding hydrogens is 478 g/mol. The molecule has 38 heavy (non-hydrogen) atoms. The lowest BCUT2D eigenvalue weighted by atomic mass is 9.85. The predicted molar refractivity (Wildman–Crippen MR) is 147 cm³/mol. The zero-order valence-electron chi connectivity index (χ0n) is 22.4. The third-order valence-corrected chi connectivity index (χ3v) is 8.33. The van der Waals surface area contributed by atoms with Gasteiger partial charge < -0.3 is 25.0 Å². The molecule has 3 aliphatic heterocycles. The summed E-state index contributed by atoms with van der Waals surface area (Å²) in [4.78, 5) is 20.0. The summed E-state index contributed by atoms with van der Waals surface area (Å²) in [5.41, 5.74) is 3.12. The fraction of sp³-hybridized carbons (Fsp3) is 0.567. The van der Waals surface area contributed by atoms with E-state index < -0.39 is 0 Å². The number of piperidine rings is 1. The number of carbonyl (C=O) groups is 1. The van der Waals surface area contributed by atoms with E-state index in [1.165, 1.54) is 19.3 Å². The molecule has 1 aliphatic carbocycles. The van der Waals surface area contributed by atoms with Crippen LogP contribution in [0.5, 0.6) is 0 Å². The Bertz CT molecular complexity index is 1250. The predicted octanol–water partition coefficient (Wildman–Crippen LogP) is 2.38. The number of nitriles is 1. The molecule has 4 aliphatic rings. The van der Waals surface area contributed by atoms with Gasteiger partial charge in [0.15, 0.2) is 0 Å². The number of rotatable bonds is 6. The maximum atomic E-state index is 13.2. The number of hydrogen-bond acceptors (Lipinski definition) is 7. The summed E-state index contributed by atoms with van der Waals surface area (Å²) >= 11 is 0. The second-order valence-corrected chi connectivity index (χ2v) is 10.8. The third kappa shape index (κ3) is 5.95. The van der Waals surface area contributed by atoms with Gasteiger partial charge in [0.1, 0.15) is 17.9 Å². The van der Waals surface area contributed by atoms with Gasteiger partial charge in [-0.2, -0.15) is 5.26 Å². The molecule has 0 aromatic carbocycles. The monoisotopic (exact) mass is 517 g/mol. The number of aromatic nitrogens is 1. The Balaban J connectivity index is 1.56. The van der Waals surface area contributed by atoms with Crippen molar-refractivity contribution >= 4 is 24.2 Å². The molecular formula is C30H39N5O3. The van der Waals surface area contributed by atoms with E-state index in [4.69, 9.17) is 9.47 Å². The van der Waals surface area contributed by atoms with Gasteiger partial charge >= 0.3 is 0 Å². The van der Waals surface area contributed by atoms with Crippen LogP contribution in [0.3, 0.4) is 0 Å². The molecule has 0 spiro atoms. The van der Waals surface area contributed by atoms with Crippen molar-refractivity contribution in [3.8, 4) is 6.07 Å². The fourth-order valence-corrected chi connectivity index (χ4v) is 6.32. The number of pyridine rings is 1. The minimum Gasteiger partial charge on any atom is -0.490 e. The van der Waals surface area contributed by atoms with Crippen molar-refractivity contribution in [3.05, 3.63) is 45.4 Å². The average molecular weight is 518 g/mol. The molecule has 3 saturated heterocycles. The molecule has 1 saturated carbocycles. The number of ether oxygens (including phenoxy) is 2. The highest BCUT2D eigenvalue weighted by atomic mass is 16.5. The zero-order chi connectivity index (χ0) is 26.5. The van der Waals surface area contributed by atoms with Gasteiger partial charge in [0.2, 0.25) is 5.91 Å². The van der Waals surface area contributed by atoms with Crippen LogP contribution in [0, 0.1) is 17.2 Å². The van der Waals surface area contributed by atoms with Crippen molar-refractivity contribution in [2.45, 2.75) is 70.4 Å². The molecule has 1 aromatic rings. The van der Waals surface area contributed by atoms with Gasteiger partial charge in [-0.15, -0.1) is 0 Å². The Kier molecular flexibility index (Phi) is 8.45. The standard InChI is InChI=1S/C30H39N5O3/c1-20-26(30(24(17-31)18-33-20)35-13-9-23-5-3-4-6-28(23)35)16-27(21(2)38-25-10-14-37-19-25)34-29(36)15-22-7-11-32-12-8-22/h15-16,18,23,25,28,32H,1,3-14,19H2,2H3,(H,34,36)/b26-16+,27-21-. The lowest BCUT2D eigenvalue weighted by Gasteiger charge is -2.34. The number of anilines is 1. The van der Waals surface area contributed by atoms with Crippen LogP contribution in [0.25, 0.3) is 12.7 Å². The van der Waals surface area contributed by atoms with Crippen molar-refractivity contribution in [3.63, 3.8) is 0 Å². The summed E-state index contributed by atoms with van der Waals surface area (Å²) in [6.45, 7) is 9.98. The molecule has 4 fully saturated rings. The summed E-state index contributed by atoms with van der Waals surface area (Å²) in [6, 6.07) is 2.79. The first kappa shape index (κ1) is 26.5. The first-order valence-corrected chi connectivity index (χ1v) is 14.1. The Labute approximate surface area is 225 Å². The average Bonchev–Trinajstić information content (AvgIpc) is 3.60. The highest BCUT2D eigenvalue weighted by molar-refractivity contribution is 5.91. The van der Waals surface area contributed by atoms with Crippen molar-refractivity contribution in [1.82, 2.24) is 15.6 Å². The SMILES string of the molecule is C=c1ncc(C#N)c(N2CCC3CCCCC32)/c1=C/C(NC(=O)C=C1CCNCC1)=C(\C)OC1CCOC1. The van der Waals surface area contributed by atoms with Gasteiger partial charge in [0.25, 0.3) is 0 Å². The largest absolute Gasteiger partial charge is 0.490 e. The maximum Gasteiger partial charge on any atom is 0.248 e. The van der Waals surface area contributed by atoms with Crippen LogP contribution in [0.4, 0.5) is 5.69 Å². The highest BCUT2D eigenvalue weighted by Gasteiger charge is 2.37. The Hall–Kier alpha value is -3.15. The van der Waals surface area contributed by atoms with Crippen molar-refractivity contribution < 1.29 is 14.3 Å². The lowest BCUT2D eigenvalue weighted by molar-refractivity contribution is -0.115. The van der Waals surface area contributed by atoms with Gasteiger partial charge in [-0.05, 0) is 64.1 Å². The molecule has 1 aromatic heterocycles. The van der Waals surface area contributed by atoms with E-state index in [0.717, 1.165) is 68.2 Å². The normalized spacial score (nSPS) is 26.4. The smallest absolute Gasteiger partial charge is 0.248 e. The molecule has 2 N–H and O–H groups in total. The van der Waals surface area contributed by atoms with Gasteiger partial charge in [0, 0.05) is 36.5 Å². The molecule has 0 bridgehead atoms. The molecule has 3 unspecified atom stereocenters. The van der Waals surface area contributed by atoms with Crippen LogP contribution < -0.4 is 26.1 Å². The Morgan fingerprint density at radius 2 is 2.08 bits per heavy atom. The van der Waals surface area contributed by atoms with E-state index in [0.29, 0.717) is 47.5 Å². The van der Waals surface area contributed by atoms with Crippen molar-refractivity contribution in [2.24, 2.45) is 5.92 Å². The second-order valence-electron chi connectivity index (χ2n) is 10.8. The van der Waals surface area contributed by atoms with Crippen LogP contribution in [0.15, 0.2) is 29.3 Å².